The highest BCUT2D eigenvalue weighted by atomic mass is 32.2. The third-order valence-electron chi connectivity index (χ3n) is 1.15. The molecule has 0 aromatic heterocycles. The Morgan fingerprint density at radius 2 is 2.67 bits per heavy atom. The van der Waals surface area contributed by atoms with E-state index in [1.807, 2.05) is 6.92 Å². The largest absolute Gasteiger partial charge is 0.477 e. The van der Waals surface area contributed by atoms with E-state index in [1.54, 1.807) is 6.08 Å². The van der Waals surface area contributed by atoms with E-state index in [4.69, 9.17) is 5.11 Å². The first kappa shape index (κ1) is 6.68. The molecule has 1 rings (SSSR count). The highest BCUT2D eigenvalue weighted by Crippen LogP contribution is 2.28. The fourth-order valence-corrected chi connectivity index (χ4v) is 1.70. The standard InChI is InChI=1S/C6H8O2S/c1-4-2-5(6(7)8)9-3-4/h2,4H,3H2,1H3,(H,7,8). The zero-order valence-electron chi connectivity index (χ0n) is 5.13. The quantitative estimate of drug-likeness (QED) is 0.603. The molecule has 1 atom stereocenters. The summed E-state index contributed by atoms with van der Waals surface area (Å²) in [6, 6.07) is 0. The number of carboxylic acid groups (broad SMARTS) is 1. The summed E-state index contributed by atoms with van der Waals surface area (Å²) in [6.07, 6.45) is 1.80. The maximum Gasteiger partial charge on any atom is 0.341 e. The molecule has 3 heteroatoms. The molecule has 0 saturated carbocycles. The van der Waals surface area contributed by atoms with Crippen LogP contribution in [-0.4, -0.2) is 16.8 Å². The minimum atomic E-state index is -0.788. The summed E-state index contributed by atoms with van der Waals surface area (Å²) >= 11 is 1.42. The predicted molar refractivity (Wildman–Crippen MR) is 37.3 cm³/mol. The summed E-state index contributed by atoms with van der Waals surface area (Å²) in [4.78, 5) is 10.8. The minimum Gasteiger partial charge on any atom is -0.477 e. The lowest BCUT2D eigenvalue weighted by Gasteiger charge is -1.89. The third-order valence-corrected chi connectivity index (χ3v) is 2.46. The van der Waals surface area contributed by atoms with E-state index in [9.17, 15) is 4.79 Å². The van der Waals surface area contributed by atoms with Gasteiger partial charge in [0.2, 0.25) is 0 Å². The lowest BCUT2D eigenvalue weighted by Crippen LogP contribution is -1.92. The van der Waals surface area contributed by atoms with Gasteiger partial charge in [-0.15, -0.1) is 11.8 Å². The van der Waals surface area contributed by atoms with Gasteiger partial charge in [0.15, 0.2) is 0 Å². The van der Waals surface area contributed by atoms with E-state index in [0.29, 0.717) is 10.8 Å². The molecule has 2 nitrogen and oxygen atoms in total. The van der Waals surface area contributed by atoms with Crippen LogP contribution in [0.2, 0.25) is 0 Å². The van der Waals surface area contributed by atoms with Crippen LogP contribution >= 0.6 is 11.8 Å². The van der Waals surface area contributed by atoms with Crippen LogP contribution in [0.3, 0.4) is 0 Å². The van der Waals surface area contributed by atoms with E-state index in [1.165, 1.54) is 11.8 Å². The van der Waals surface area contributed by atoms with Gasteiger partial charge in [0, 0.05) is 5.75 Å². The Bertz CT molecular complexity index is 162. The third kappa shape index (κ3) is 1.48. The second kappa shape index (κ2) is 2.43. The summed E-state index contributed by atoms with van der Waals surface area (Å²) < 4.78 is 0. The van der Waals surface area contributed by atoms with Crippen molar-refractivity contribution < 1.29 is 9.90 Å². The first-order chi connectivity index (χ1) is 4.20. The van der Waals surface area contributed by atoms with Crippen LogP contribution < -0.4 is 0 Å². The molecule has 0 aromatic rings. The fraction of sp³-hybridized carbons (Fsp3) is 0.500. The molecule has 1 heterocycles. The van der Waals surface area contributed by atoms with Gasteiger partial charge in [0.1, 0.15) is 0 Å². The van der Waals surface area contributed by atoms with Crippen LogP contribution in [0.15, 0.2) is 11.0 Å². The molecule has 9 heavy (non-hydrogen) atoms. The average Bonchev–Trinajstić information content (AvgIpc) is 2.14. The van der Waals surface area contributed by atoms with Crippen LogP contribution in [-0.2, 0) is 4.79 Å². The zero-order valence-corrected chi connectivity index (χ0v) is 5.94. The van der Waals surface area contributed by atoms with Crippen molar-refractivity contribution in [1.29, 1.82) is 0 Å². The van der Waals surface area contributed by atoms with Crippen molar-refractivity contribution in [2.75, 3.05) is 5.75 Å². The molecule has 0 aliphatic carbocycles. The van der Waals surface area contributed by atoms with E-state index in [-0.39, 0.29) is 0 Å². The highest BCUT2D eigenvalue weighted by molar-refractivity contribution is 8.04. The maximum absolute atomic E-state index is 10.3. The van der Waals surface area contributed by atoms with Gasteiger partial charge in [-0.1, -0.05) is 13.0 Å². The topological polar surface area (TPSA) is 37.3 Å². The molecule has 0 bridgehead atoms. The SMILES string of the molecule is CC1C=C(C(=O)O)SC1. The fourth-order valence-electron chi connectivity index (χ4n) is 0.709. The summed E-state index contributed by atoms with van der Waals surface area (Å²) in [5, 5.41) is 8.44. The van der Waals surface area contributed by atoms with Gasteiger partial charge in [-0.3, -0.25) is 0 Å². The van der Waals surface area contributed by atoms with Gasteiger partial charge in [-0.05, 0) is 5.92 Å². The molecule has 1 unspecified atom stereocenters. The molecule has 1 N–H and O–H groups in total. The molecule has 50 valence electrons. The maximum atomic E-state index is 10.3. The molecular weight excluding hydrogens is 136 g/mol. The lowest BCUT2D eigenvalue weighted by molar-refractivity contribution is -0.131. The Hall–Kier alpha value is -0.440. The zero-order chi connectivity index (χ0) is 6.85. The molecule has 0 spiro atoms. The van der Waals surface area contributed by atoms with Crippen LogP contribution in [0.25, 0.3) is 0 Å². The summed E-state index contributed by atoms with van der Waals surface area (Å²) in [6.45, 7) is 2.02. The van der Waals surface area contributed by atoms with Crippen molar-refractivity contribution in [1.82, 2.24) is 0 Å². The van der Waals surface area contributed by atoms with E-state index >= 15 is 0 Å². The number of hydrogen-bond donors (Lipinski definition) is 1. The van der Waals surface area contributed by atoms with Crippen LogP contribution in [0.5, 0.6) is 0 Å². The van der Waals surface area contributed by atoms with Gasteiger partial charge in [0.05, 0.1) is 4.91 Å². The van der Waals surface area contributed by atoms with Crippen LogP contribution in [0.4, 0.5) is 0 Å². The average molecular weight is 144 g/mol. The van der Waals surface area contributed by atoms with Gasteiger partial charge in [-0.2, -0.15) is 0 Å². The second-order valence-corrected chi connectivity index (χ2v) is 3.19. The summed E-state index contributed by atoms with van der Waals surface area (Å²) in [7, 11) is 0. The summed E-state index contributed by atoms with van der Waals surface area (Å²) in [5.41, 5.74) is 0. The van der Waals surface area contributed by atoms with E-state index in [0.717, 1.165) is 5.75 Å². The van der Waals surface area contributed by atoms with Crippen molar-refractivity contribution in [3.63, 3.8) is 0 Å². The molecular formula is C6H8O2S. The normalized spacial score (nSPS) is 25.9. The Labute approximate surface area is 57.9 Å². The first-order valence-electron chi connectivity index (χ1n) is 2.78. The van der Waals surface area contributed by atoms with Crippen molar-refractivity contribution in [3.05, 3.63) is 11.0 Å². The molecule has 0 amide bonds. The van der Waals surface area contributed by atoms with Crippen molar-refractivity contribution in [2.45, 2.75) is 6.92 Å². The van der Waals surface area contributed by atoms with Gasteiger partial charge < -0.3 is 5.11 Å². The Balaban J connectivity index is 2.62. The number of hydrogen-bond acceptors (Lipinski definition) is 2. The number of carbonyl (C=O) groups is 1. The summed E-state index contributed by atoms with van der Waals surface area (Å²) in [5.74, 6) is 0.562. The molecule has 0 fully saturated rings. The molecule has 0 saturated heterocycles. The van der Waals surface area contributed by atoms with Crippen LogP contribution in [0, 0.1) is 5.92 Å². The Morgan fingerprint density at radius 3 is 2.89 bits per heavy atom. The predicted octanol–water partition coefficient (Wildman–Crippen LogP) is 1.34. The first-order valence-corrected chi connectivity index (χ1v) is 3.76. The van der Waals surface area contributed by atoms with Crippen molar-refractivity contribution in [2.24, 2.45) is 5.92 Å². The van der Waals surface area contributed by atoms with E-state index < -0.39 is 5.97 Å². The van der Waals surface area contributed by atoms with Crippen molar-refractivity contribution >= 4 is 17.7 Å². The monoisotopic (exact) mass is 144 g/mol. The molecule has 0 aromatic carbocycles. The van der Waals surface area contributed by atoms with Gasteiger partial charge >= 0.3 is 5.97 Å². The molecule has 1 aliphatic heterocycles. The number of rotatable bonds is 1. The van der Waals surface area contributed by atoms with E-state index in [2.05, 4.69) is 0 Å². The number of thioether (sulfide) groups is 1. The van der Waals surface area contributed by atoms with Crippen LogP contribution in [0.1, 0.15) is 6.92 Å². The minimum absolute atomic E-state index is 0.432. The Kier molecular flexibility index (Phi) is 1.81. The molecule has 0 radical (unpaired) electrons. The highest BCUT2D eigenvalue weighted by Gasteiger charge is 2.16. The smallest absolute Gasteiger partial charge is 0.341 e. The van der Waals surface area contributed by atoms with Gasteiger partial charge in [0.25, 0.3) is 0 Å². The second-order valence-electron chi connectivity index (χ2n) is 2.12. The number of allylic oxidation sites excluding steroid dienone is 1. The number of aliphatic carboxylic acids is 1. The Morgan fingerprint density at radius 1 is 2.00 bits per heavy atom. The van der Waals surface area contributed by atoms with Gasteiger partial charge in [-0.25, -0.2) is 4.79 Å². The van der Waals surface area contributed by atoms with Crippen molar-refractivity contribution in [3.8, 4) is 0 Å². The molecule has 1 aliphatic rings. The lowest BCUT2D eigenvalue weighted by atomic mass is 10.2. The number of carboxylic acids is 1.